The largest absolute Gasteiger partial charge is 0.494 e. The Hall–Kier alpha value is -1.13. The maximum Gasteiger partial charge on any atom is 0.120 e. The van der Waals surface area contributed by atoms with Crippen molar-refractivity contribution in [1.29, 1.82) is 0 Å². The summed E-state index contributed by atoms with van der Waals surface area (Å²) in [5, 5.41) is 1.15. The molecule has 4 heteroatoms. The molecule has 0 spiro atoms. The van der Waals surface area contributed by atoms with Gasteiger partial charge in [-0.3, -0.25) is 0 Å². The molecule has 3 nitrogen and oxygen atoms in total. The van der Waals surface area contributed by atoms with Crippen LogP contribution < -0.4 is 10.5 Å². The van der Waals surface area contributed by atoms with Crippen molar-refractivity contribution in [3.05, 3.63) is 23.2 Å². The summed E-state index contributed by atoms with van der Waals surface area (Å²) in [5.74, 6) is 0.923. The van der Waals surface area contributed by atoms with Gasteiger partial charge in [-0.05, 0) is 44.4 Å². The molecular formula is C14H18N2OS. The third-order valence-electron chi connectivity index (χ3n) is 3.57. The van der Waals surface area contributed by atoms with Crippen LogP contribution in [0.3, 0.4) is 0 Å². The minimum Gasteiger partial charge on any atom is -0.494 e. The molecule has 1 saturated carbocycles. The predicted molar refractivity (Wildman–Crippen MR) is 75.3 cm³/mol. The van der Waals surface area contributed by atoms with Crippen LogP contribution in [0.1, 0.15) is 31.2 Å². The molecule has 18 heavy (non-hydrogen) atoms. The molecule has 96 valence electrons. The van der Waals surface area contributed by atoms with E-state index in [9.17, 15) is 0 Å². The van der Waals surface area contributed by atoms with Crippen LogP contribution in [-0.2, 0) is 6.42 Å². The quantitative estimate of drug-likeness (QED) is 0.921. The Morgan fingerprint density at radius 3 is 2.94 bits per heavy atom. The van der Waals surface area contributed by atoms with Gasteiger partial charge in [0, 0.05) is 12.0 Å². The molecule has 1 aliphatic carbocycles. The highest BCUT2D eigenvalue weighted by Crippen LogP contribution is 2.35. The number of rotatable bonds is 4. The fourth-order valence-corrected chi connectivity index (χ4v) is 3.54. The summed E-state index contributed by atoms with van der Waals surface area (Å²) in [6.45, 7) is 2.69. The molecule has 2 N–H and O–H groups in total. The Labute approximate surface area is 111 Å². The van der Waals surface area contributed by atoms with Gasteiger partial charge in [0.2, 0.25) is 0 Å². The minimum absolute atomic E-state index is 0.0105. The zero-order valence-electron chi connectivity index (χ0n) is 10.6. The molecule has 0 saturated heterocycles. The van der Waals surface area contributed by atoms with E-state index in [0.29, 0.717) is 6.61 Å². The van der Waals surface area contributed by atoms with Crippen molar-refractivity contribution >= 4 is 21.6 Å². The molecule has 0 amide bonds. The van der Waals surface area contributed by atoms with E-state index in [0.717, 1.165) is 35.5 Å². The second-order valence-corrected chi connectivity index (χ2v) is 6.18. The standard InChI is InChI=1S/C14H18N2OS/c1-2-17-10-4-5-11-12(8-10)18-13(16-11)9-14(15)6-3-7-14/h4-5,8H,2-3,6-7,9,15H2,1H3. The summed E-state index contributed by atoms with van der Waals surface area (Å²) in [4.78, 5) is 4.66. The van der Waals surface area contributed by atoms with Crippen LogP contribution in [0.5, 0.6) is 5.75 Å². The zero-order valence-corrected chi connectivity index (χ0v) is 11.4. The number of hydrogen-bond donors (Lipinski definition) is 1. The van der Waals surface area contributed by atoms with Crippen molar-refractivity contribution in [1.82, 2.24) is 4.98 Å². The van der Waals surface area contributed by atoms with Crippen LogP contribution in [0, 0.1) is 0 Å². The fraction of sp³-hybridized carbons (Fsp3) is 0.500. The first-order valence-electron chi connectivity index (χ1n) is 6.50. The molecule has 3 rings (SSSR count). The van der Waals surface area contributed by atoms with E-state index >= 15 is 0 Å². The second kappa shape index (κ2) is 4.52. The Morgan fingerprint density at radius 2 is 2.28 bits per heavy atom. The van der Waals surface area contributed by atoms with Crippen LogP contribution >= 0.6 is 11.3 Å². The molecule has 0 unspecified atom stereocenters. The molecular weight excluding hydrogens is 244 g/mol. The summed E-state index contributed by atoms with van der Waals surface area (Å²) in [5.41, 5.74) is 7.34. The third kappa shape index (κ3) is 2.22. The smallest absolute Gasteiger partial charge is 0.120 e. The first-order chi connectivity index (χ1) is 8.68. The molecule has 0 aliphatic heterocycles. The molecule has 1 aromatic carbocycles. The van der Waals surface area contributed by atoms with Crippen LogP contribution in [0.15, 0.2) is 18.2 Å². The lowest BCUT2D eigenvalue weighted by Crippen LogP contribution is -2.48. The first-order valence-corrected chi connectivity index (χ1v) is 7.31. The van der Waals surface area contributed by atoms with Crippen molar-refractivity contribution in [2.75, 3.05) is 6.61 Å². The summed E-state index contributed by atoms with van der Waals surface area (Å²) >= 11 is 1.74. The summed E-state index contributed by atoms with van der Waals surface area (Å²) in [6.07, 6.45) is 4.44. The highest BCUT2D eigenvalue weighted by molar-refractivity contribution is 7.18. The number of thiazole rings is 1. The third-order valence-corrected chi connectivity index (χ3v) is 4.59. The molecule has 0 bridgehead atoms. The maximum atomic E-state index is 6.28. The highest BCUT2D eigenvalue weighted by Gasteiger charge is 2.33. The van der Waals surface area contributed by atoms with Gasteiger partial charge in [0.15, 0.2) is 0 Å². The van der Waals surface area contributed by atoms with Crippen molar-refractivity contribution in [2.45, 2.75) is 38.1 Å². The molecule has 1 heterocycles. The van der Waals surface area contributed by atoms with E-state index in [4.69, 9.17) is 10.5 Å². The van der Waals surface area contributed by atoms with Gasteiger partial charge >= 0.3 is 0 Å². The van der Waals surface area contributed by atoms with Crippen molar-refractivity contribution in [3.63, 3.8) is 0 Å². The van der Waals surface area contributed by atoms with E-state index in [-0.39, 0.29) is 5.54 Å². The lowest BCUT2D eigenvalue weighted by molar-refractivity contribution is 0.247. The Bertz CT molecular complexity index is 560. The van der Waals surface area contributed by atoms with Crippen LogP contribution in [-0.4, -0.2) is 17.1 Å². The minimum atomic E-state index is 0.0105. The SMILES string of the molecule is CCOc1ccc2nc(CC3(N)CCC3)sc2c1. The first kappa shape index (κ1) is 11.9. The number of benzene rings is 1. The van der Waals surface area contributed by atoms with Gasteiger partial charge in [-0.2, -0.15) is 0 Å². The Morgan fingerprint density at radius 1 is 1.44 bits per heavy atom. The number of fused-ring (bicyclic) bond motifs is 1. The lowest BCUT2D eigenvalue weighted by Gasteiger charge is -2.37. The second-order valence-electron chi connectivity index (χ2n) is 5.06. The summed E-state index contributed by atoms with van der Waals surface area (Å²) < 4.78 is 6.70. The molecule has 1 aromatic heterocycles. The van der Waals surface area contributed by atoms with Gasteiger partial charge in [-0.15, -0.1) is 11.3 Å². The van der Waals surface area contributed by atoms with Crippen LogP contribution in [0.2, 0.25) is 0 Å². The van der Waals surface area contributed by atoms with E-state index < -0.39 is 0 Å². The van der Waals surface area contributed by atoms with Gasteiger partial charge in [-0.1, -0.05) is 0 Å². The molecule has 0 radical (unpaired) electrons. The predicted octanol–water partition coefficient (Wildman–Crippen LogP) is 3.12. The van der Waals surface area contributed by atoms with E-state index in [1.165, 1.54) is 11.1 Å². The van der Waals surface area contributed by atoms with Gasteiger partial charge in [0.05, 0.1) is 21.8 Å². The number of nitrogens with two attached hydrogens (primary N) is 1. The van der Waals surface area contributed by atoms with Gasteiger partial charge in [-0.25, -0.2) is 4.98 Å². The summed E-state index contributed by atoms with van der Waals surface area (Å²) in [7, 11) is 0. The average Bonchev–Trinajstić information content (AvgIpc) is 2.69. The van der Waals surface area contributed by atoms with Gasteiger partial charge < -0.3 is 10.5 Å². The zero-order chi connectivity index (χ0) is 12.6. The number of hydrogen-bond acceptors (Lipinski definition) is 4. The van der Waals surface area contributed by atoms with E-state index in [1.807, 2.05) is 19.1 Å². The monoisotopic (exact) mass is 262 g/mol. The van der Waals surface area contributed by atoms with Gasteiger partial charge in [0.25, 0.3) is 0 Å². The Balaban J connectivity index is 1.86. The number of nitrogens with zero attached hydrogens (tertiary/aromatic N) is 1. The fourth-order valence-electron chi connectivity index (χ4n) is 2.39. The highest BCUT2D eigenvalue weighted by atomic mass is 32.1. The Kier molecular flexibility index (Phi) is 2.99. The number of aromatic nitrogens is 1. The van der Waals surface area contributed by atoms with E-state index in [1.54, 1.807) is 11.3 Å². The van der Waals surface area contributed by atoms with Gasteiger partial charge in [0.1, 0.15) is 5.75 Å². The average molecular weight is 262 g/mol. The summed E-state index contributed by atoms with van der Waals surface area (Å²) in [6, 6.07) is 6.09. The topological polar surface area (TPSA) is 48.1 Å². The number of ether oxygens (including phenoxy) is 1. The van der Waals surface area contributed by atoms with E-state index in [2.05, 4.69) is 11.1 Å². The molecule has 1 aliphatic rings. The van der Waals surface area contributed by atoms with Crippen molar-refractivity contribution < 1.29 is 4.74 Å². The molecule has 2 aromatic rings. The van der Waals surface area contributed by atoms with Crippen LogP contribution in [0.4, 0.5) is 0 Å². The lowest BCUT2D eigenvalue weighted by atomic mass is 9.75. The van der Waals surface area contributed by atoms with Crippen molar-refractivity contribution in [3.8, 4) is 5.75 Å². The van der Waals surface area contributed by atoms with Crippen LogP contribution in [0.25, 0.3) is 10.2 Å². The van der Waals surface area contributed by atoms with Crippen molar-refractivity contribution in [2.24, 2.45) is 5.73 Å². The molecule has 0 atom stereocenters. The normalized spacial score (nSPS) is 17.7. The maximum absolute atomic E-state index is 6.28. The molecule has 1 fully saturated rings.